The number of carboxylic acid groups (broad SMARTS) is 1. The first-order valence-corrected chi connectivity index (χ1v) is 8.14. The predicted octanol–water partition coefficient (Wildman–Crippen LogP) is 3.47. The zero-order valence-electron chi connectivity index (χ0n) is 11.8. The fourth-order valence-corrected chi connectivity index (χ4v) is 2.97. The van der Waals surface area contributed by atoms with E-state index in [2.05, 4.69) is 0 Å². The van der Waals surface area contributed by atoms with Crippen molar-refractivity contribution in [3.8, 4) is 11.1 Å². The molecule has 8 heteroatoms. The summed E-state index contributed by atoms with van der Waals surface area (Å²) in [5.74, 6) is -1.31. The Morgan fingerprint density at radius 1 is 1.09 bits per heavy atom. The van der Waals surface area contributed by atoms with E-state index in [0.29, 0.717) is 0 Å². The molecule has 0 amide bonds. The first-order valence-electron chi connectivity index (χ1n) is 6.25. The molecule has 0 saturated heterocycles. The summed E-state index contributed by atoms with van der Waals surface area (Å²) in [7, 11) is -3.75. The van der Waals surface area contributed by atoms with E-state index in [1.807, 2.05) is 0 Å². The number of sulfone groups is 1. The molecule has 0 bridgehead atoms. The van der Waals surface area contributed by atoms with Gasteiger partial charge in [-0.05, 0) is 35.9 Å². The van der Waals surface area contributed by atoms with Crippen LogP contribution in [0.25, 0.3) is 11.1 Å². The van der Waals surface area contributed by atoms with Crippen molar-refractivity contribution in [2.24, 2.45) is 0 Å². The summed E-state index contributed by atoms with van der Waals surface area (Å²) in [6.45, 7) is 0. The van der Waals surface area contributed by atoms with Crippen molar-refractivity contribution >= 4 is 15.8 Å². The van der Waals surface area contributed by atoms with Crippen molar-refractivity contribution in [3.05, 3.63) is 53.6 Å². The molecule has 0 radical (unpaired) electrons. The highest BCUT2D eigenvalue weighted by molar-refractivity contribution is 7.90. The van der Waals surface area contributed by atoms with Crippen LogP contribution >= 0.6 is 0 Å². The molecule has 0 atom stereocenters. The minimum absolute atomic E-state index is 0.0247. The Labute approximate surface area is 130 Å². The number of hydrogen-bond acceptors (Lipinski definition) is 3. The van der Waals surface area contributed by atoms with Gasteiger partial charge in [-0.3, -0.25) is 0 Å². The molecule has 0 aliphatic rings. The third-order valence-corrected chi connectivity index (χ3v) is 4.28. The van der Waals surface area contributed by atoms with Gasteiger partial charge in [-0.2, -0.15) is 13.2 Å². The summed E-state index contributed by atoms with van der Waals surface area (Å²) >= 11 is 0. The highest BCUT2D eigenvalue weighted by Gasteiger charge is 2.31. The SMILES string of the molecule is CS(=O)(=O)c1ccc(C(=O)O)cc1-c1cccc(C(F)(F)F)c1. The van der Waals surface area contributed by atoms with E-state index >= 15 is 0 Å². The smallest absolute Gasteiger partial charge is 0.416 e. The Balaban J connectivity index is 2.75. The average molecular weight is 344 g/mol. The van der Waals surface area contributed by atoms with Crippen LogP contribution in [-0.2, 0) is 16.0 Å². The molecule has 0 aliphatic carbocycles. The van der Waals surface area contributed by atoms with Crippen LogP contribution < -0.4 is 0 Å². The van der Waals surface area contributed by atoms with Crippen molar-refractivity contribution in [2.75, 3.05) is 6.26 Å². The topological polar surface area (TPSA) is 71.4 Å². The van der Waals surface area contributed by atoms with Crippen LogP contribution in [0.5, 0.6) is 0 Å². The number of halogens is 3. The number of carboxylic acids is 1. The lowest BCUT2D eigenvalue weighted by Gasteiger charge is -2.12. The molecule has 0 heterocycles. The Morgan fingerprint density at radius 3 is 2.26 bits per heavy atom. The molecule has 2 rings (SSSR count). The molecular formula is C15H11F3O4S. The average Bonchev–Trinajstić information content (AvgIpc) is 2.45. The van der Waals surface area contributed by atoms with Crippen LogP contribution in [0.15, 0.2) is 47.4 Å². The van der Waals surface area contributed by atoms with Gasteiger partial charge in [0.2, 0.25) is 0 Å². The Bertz CT molecular complexity index is 871. The summed E-state index contributed by atoms with van der Waals surface area (Å²) in [6.07, 6.45) is -3.69. The number of hydrogen-bond donors (Lipinski definition) is 1. The van der Waals surface area contributed by atoms with Crippen molar-refractivity contribution in [2.45, 2.75) is 11.1 Å². The number of carbonyl (C=O) groups is 1. The normalized spacial score (nSPS) is 12.2. The van der Waals surface area contributed by atoms with E-state index in [1.54, 1.807) is 0 Å². The Kier molecular flexibility index (Phi) is 4.21. The van der Waals surface area contributed by atoms with Crippen LogP contribution in [0.3, 0.4) is 0 Å². The van der Waals surface area contributed by atoms with E-state index < -0.39 is 27.5 Å². The maximum Gasteiger partial charge on any atom is 0.416 e. The molecule has 1 N–H and O–H groups in total. The van der Waals surface area contributed by atoms with Crippen molar-refractivity contribution in [3.63, 3.8) is 0 Å². The lowest BCUT2D eigenvalue weighted by Crippen LogP contribution is -2.06. The molecule has 4 nitrogen and oxygen atoms in total. The van der Waals surface area contributed by atoms with Gasteiger partial charge in [0, 0.05) is 11.8 Å². The van der Waals surface area contributed by atoms with Gasteiger partial charge in [0.05, 0.1) is 16.0 Å². The summed E-state index contributed by atoms with van der Waals surface area (Å²) in [5, 5.41) is 9.00. The lowest BCUT2D eigenvalue weighted by molar-refractivity contribution is -0.137. The van der Waals surface area contributed by atoms with Gasteiger partial charge in [-0.15, -0.1) is 0 Å². The zero-order valence-corrected chi connectivity index (χ0v) is 12.6. The number of benzene rings is 2. The van der Waals surface area contributed by atoms with Crippen molar-refractivity contribution in [1.82, 2.24) is 0 Å². The number of alkyl halides is 3. The van der Waals surface area contributed by atoms with Gasteiger partial charge in [-0.1, -0.05) is 12.1 Å². The minimum Gasteiger partial charge on any atom is -0.478 e. The van der Waals surface area contributed by atoms with Crippen LogP contribution in [-0.4, -0.2) is 25.7 Å². The van der Waals surface area contributed by atoms with E-state index in [-0.39, 0.29) is 21.6 Å². The molecule has 2 aromatic carbocycles. The molecule has 0 aromatic heterocycles. The molecular weight excluding hydrogens is 333 g/mol. The quantitative estimate of drug-likeness (QED) is 0.925. The molecule has 0 spiro atoms. The van der Waals surface area contributed by atoms with Crippen LogP contribution in [0.2, 0.25) is 0 Å². The van der Waals surface area contributed by atoms with E-state index in [9.17, 15) is 26.4 Å². The second-order valence-electron chi connectivity index (χ2n) is 4.87. The molecule has 0 saturated carbocycles. The molecule has 0 aliphatic heterocycles. The summed E-state index contributed by atoms with van der Waals surface area (Å²) < 4.78 is 62.1. The van der Waals surface area contributed by atoms with Crippen molar-refractivity contribution in [1.29, 1.82) is 0 Å². The second-order valence-corrected chi connectivity index (χ2v) is 6.85. The third-order valence-electron chi connectivity index (χ3n) is 3.13. The lowest BCUT2D eigenvalue weighted by atomic mass is 10.0. The van der Waals surface area contributed by atoms with E-state index in [0.717, 1.165) is 42.7 Å². The number of rotatable bonds is 3. The standard InChI is InChI=1S/C15H11F3O4S/c1-23(21,22)13-6-5-10(14(19)20)8-12(13)9-3-2-4-11(7-9)15(16,17)18/h2-8H,1H3,(H,19,20). The monoisotopic (exact) mass is 344 g/mol. The highest BCUT2D eigenvalue weighted by Crippen LogP contribution is 2.34. The maximum atomic E-state index is 12.8. The predicted molar refractivity (Wildman–Crippen MR) is 76.9 cm³/mol. The highest BCUT2D eigenvalue weighted by atomic mass is 32.2. The zero-order chi connectivity index (χ0) is 17.4. The molecule has 122 valence electrons. The van der Waals surface area contributed by atoms with Crippen molar-refractivity contribution < 1.29 is 31.5 Å². The summed E-state index contributed by atoms with van der Waals surface area (Å²) in [6, 6.07) is 7.29. The fraction of sp³-hybridized carbons (Fsp3) is 0.133. The Hall–Kier alpha value is -2.35. The van der Waals surface area contributed by atoms with Gasteiger partial charge in [0.15, 0.2) is 9.84 Å². The van der Waals surface area contributed by atoms with Gasteiger partial charge in [-0.25, -0.2) is 13.2 Å². The molecule has 0 fully saturated rings. The summed E-state index contributed by atoms with van der Waals surface area (Å²) in [5.41, 5.74) is -1.28. The fourth-order valence-electron chi connectivity index (χ4n) is 2.07. The van der Waals surface area contributed by atoms with Gasteiger partial charge in [0.1, 0.15) is 0 Å². The van der Waals surface area contributed by atoms with Crippen LogP contribution in [0, 0.1) is 0 Å². The number of aromatic carboxylic acids is 1. The van der Waals surface area contributed by atoms with Gasteiger partial charge >= 0.3 is 12.1 Å². The first kappa shape index (κ1) is 17.0. The van der Waals surface area contributed by atoms with E-state index in [1.165, 1.54) is 6.07 Å². The molecule has 2 aromatic rings. The second kappa shape index (κ2) is 5.69. The minimum atomic E-state index is -4.59. The Morgan fingerprint density at radius 2 is 1.74 bits per heavy atom. The first-order chi connectivity index (χ1) is 10.5. The van der Waals surface area contributed by atoms with Gasteiger partial charge in [0.25, 0.3) is 0 Å². The largest absolute Gasteiger partial charge is 0.478 e. The van der Waals surface area contributed by atoms with E-state index in [4.69, 9.17) is 5.11 Å². The summed E-state index contributed by atoms with van der Waals surface area (Å²) in [4.78, 5) is 10.8. The van der Waals surface area contributed by atoms with Crippen LogP contribution in [0.1, 0.15) is 15.9 Å². The third kappa shape index (κ3) is 3.70. The van der Waals surface area contributed by atoms with Gasteiger partial charge < -0.3 is 5.11 Å². The maximum absolute atomic E-state index is 12.8. The molecule has 23 heavy (non-hydrogen) atoms. The van der Waals surface area contributed by atoms with Crippen LogP contribution in [0.4, 0.5) is 13.2 Å². The molecule has 0 unspecified atom stereocenters.